The summed E-state index contributed by atoms with van der Waals surface area (Å²) in [6, 6.07) is 7.23. The van der Waals surface area contributed by atoms with Crippen LogP contribution in [0.4, 0.5) is 5.82 Å². The van der Waals surface area contributed by atoms with Crippen molar-refractivity contribution in [2.75, 3.05) is 0 Å². The summed E-state index contributed by atoms with van der Waals surface area (Å²) in [5.74, 6) is 0.0422. The largest absolute Gasteiger partial charge is 0.358 e. The highest BCUT2D eigenvalue weighted by Crippen LogP contribution is 2.20. The van der Waals surface area contributed by atoms with Gasteiger partial charge >= 0.3 is 5.82 Å². The maximum Gasteiger partial charge on any atom is 0.321 e. The van der Waals surface area contributed by atoms with Crippen molar-refractivity contribution in [2.24, 2.45) is 0 Å². The molecule has 1 heterocycles. The standard InChI is InChI=1S/C9H8N2O2/c1-6-2-3-7-5-9(11(12)13)10-8(7)4-6/h2-5,10H,1H3. The number of H-pyrrole nitrogens is 1. The van der Waals surface area contributed by atoms with Crippen LogP contribution in [-0.2, 0) is 0 Å². The van der Waals surface area contributed by atoms with E-state index in [1.165, 1.54) is 6.07 Å². The Labute approximate surface area is 74.3 Å². The number of benzene rings is 1. The highest BCUT2D eigenvalue weighted by Gasteiger charge is 2.08. The number of aryl methyl sites for hydroxylation is 1. The van der Waals surface area contributed by atoms with Crippen LogP contribution in [0.5, 0.6) is 0 Å². The van der Waals surface area contributed by atoms with E-state index in [2.05, 4.69) is 4.98 Å². The molecule has 0 saturated heterocycles. The van der Waals surface area contributed by atoms with Gasteiger partial charge in [-0.15, -0.1) is 0 Å². The number of nitrogens with zero attached hydrogens (tertiary/aromatic N) is 1. The average Bonchev–Trinajstić information content (AvgIpc) is 2.46. The highest BCUT2D eigenvalue weighted by molar-refractivity contribution is 5.82. The third-order valence-corrected chi connectivity index (χ3v) is 1.96. The van der Waals surface area contributed by atoms with E-state index in [0.29, 0.717) is 0 Å². The summed E-state index contributed by atoms with van der Waals surface area (Å²) in [5.41, 5.74) is 1.90. The van der Waals surface area contributed by atoms with Gasteiger partial charge in [-0.25, -0.2) is 4.98 Å². The maximum atomic E-state index is 10.4. The highest BCUT2D eigenvalue weighted by atomic mass is 16.6. The lowest BCUT2D eigenvalue weighted by Gasteiger charge is -1.87. The molecular weight excluding hydrogens is 168 g/mol. The number of aromatic amines is 1. The quantitative estimate of drug-likeness (QED) is 0.535. The van der Waals surface area contributed by atoms with Crippen LogP contribution in [0.1, 0.15) is 5.56 Å². The van der Waals surface area contributed by atoms with Crippen LogP contribution in [-0.4, -0.2) is 9.91 Å². The second-order valence-corrected chi connectivity index (χ2v) is 3.00. The number of nitrogens with one attached hydrogen (secondary N) is 1. The number of aromatic nitrogens is 1. The molecule has 0 bridgehead atoms. The molecule has 4 nitrogen and oxygen atoms in total. The van der Waals surface area contributed by atoms with Gasteiger partial charge in [0.2, 0.25) is 0 Å². The molecule has 1 aromatic carbocycles. The summed E-state index contributed by atoms with van der Waals surface area (Å²) < 4.78 is 0. The monoisotopic (exact) mass is 176 g/mol. The Hall–Kier alpha value is -1.84. The molecule has 0 spiro atoms. The van der Waals surface area contributed by atoms with E-state index in [9.17, 15) is 10.1 Å². The maximum absolute atomic E-state index is 10.4. The van der Waals surface area contributed by atoms with E-state index in [-0.39, 0.29) is 5.82 Å². The fourth-order valence-corrected chi connectivity index (χ4v) is 1.32. The first-order valence-electron chi connectivity index (χ1n) is 3.90. The van der Waals surface area contributed by atoms with Crippen molar-refractivity contribution >= 4 is 16.7 Å². The minimum Gasteiger partial charge on any atom is -0.358 e. The number of rotatable bonds is 1. The number of hydrogen-bond acceptors (Lipinski definition) is 2. The van der Waals surface area contributed by atoms with E-state index in [4.69, 9.17) is 0 Å². The first-order valence-corrected chi connectivity index (χ1v) is 3.90. The number of fused-ring (bicyclic) bond motifs is 1. The van der Waals surface area contributed by atoms with E-state index in [1.807, 2.05) is 25.1 Å². The summed E-state index contributed by atoms with van der Waals surface area (Å²) in [5, 5.41) is 11.3. The van der Waals surface area contributed by atoms with Crippen molar-refractivity contribution < 1.29 is 4.92 Å². The Morgan fingerprint density at radius 3 is 2.85 bits per heavy atom. The molecule has 4 heteroatoms. The van der Waals surface area contributed by atoms with Crippen LogP contribution in [0.3, 0.4) is 0 Å². The molecule has 0 saturated carbocycles. The fourth-order valence-electron chi connectivity index (χ4n) is 1.32. The van der Waals surface area contributed by atoms with E-state index in [1.54, 1.807) is 0 Å². The van der Waals surface area contributed by atoms with Crippen molar-refractivity contribution in [3.05, 3.63) is 39.9 Å². The van der Waals surface area contributed by atoms with Gasteiger partial charge in [0.1, 0.15) is 5.52 Å². The Kier molecular flexibility index (Phi) is 1.55. The zero-order valence-electron chi connectivity index (χ0n) is 7.07. The summed E-state index contributed by atoms with van der Waals surface area (Å²) >= 11 is 0. The molecule has 0 unspecified atom stereocenters. The van der Waals surface area contributed by atoms with Gasteiger partial charge in [-0.1, -0.05) is 12.1 Å². The molecule has 0 aliphatic rings. The summed E-state index contributed by atoms with van der Waals surface area (Å²) in [4.78, 5) is 12.7. The molecule has 0 atom stereocenters. The molecule has 0 fully saturated rings. The van der Waals surface area contributed by atoms with Crippen molar-refractivity contribution in [1.29, 1.82) is 0 Å². The van der Waals surface area contributed by atoms with E-state index >= 15 is 0 Å². The lowest BCUT2D eigenvalue weighted by atomic mass is 10.2. The van der Waals surface area contributed by atoms with Gasteiger partial charge in [-0.3, -0.25) is 0 Å². The Morgan fingerprint density at radius 2 is 2.15 bits per heavy atom. The molecule has 66 valence electrons. The predicted octanol–water partition coefficient (Wildman–Crippen LogP) is 2.38. The normalized spacial score (nSPS) is 10.5. The molecule has 0 radical (unpaired) electrons. The Bertz CT molecular complexity index is 473. The van der Waals surface area contributed by atoms with E-state index in [0.717, 1.165) is 16.5 Å². The number of nitro groups is 1. The average molecular weight is 176 g/mol. The zero-order valence-corrected chi connectivity index (χ0v) is 7.07. The molecule has 13 heavy (non-hydrogen) atoms. The fraction of sp³-hybridized carbons (Fsp3) is 0.111. The van der Waals surface area contributed by atoms with Crippen LogP contribution >= 0.6 is 0 Å². The van der Waals surface area contributed by atoms with Crippen molar-refractivity contribution in [3.8, 4) is 0 Å². The van der Waals surface area contributed by atoms with Crippen LogP contribution < -0.4 is 0 Å². The summed E-state index contributed by atoms with van der Waals surface area (Å²) in [7, 11) is 0. The van der Waals surface area contributed by atoms with Gasteiger partial charge in [0.05, 0.1) is 0 Å². The van der Waals surface area contributed by atoms with Gasteiger partial charge in [0.25, 0.3) is 0 Å². The first kappa shape index (κ1) is 7.79. The smallest absolute Gasteiger partial charge is 0.321 e. The van der Waals surface area contributed by atoms with Crippen molar-refractivity contribution in [2.45, 2.75) is 6.92 Å². The van der Waals surface area contributed by atoms with Crippen LogP contribution in [0.25, 0.3) is 10.9 Å². The van der Waals surface area contributed by atoms with Crippen LogP contribution in [0.15, 0.2) is 24.3 Å². The molecule has 0 aliphatic heterocycles. The SMILES string of the molecule is Cc1ccc2cc([N+](=O)[O-])[nH]c2c1. The first-order chi connectivity index (χ1) is 6.16. The van der Waals surface area contributed by atoms with Crippen LogP contribution in [0, 0.1) is 17.0 Å². The third kappa shape index (κ3) is 1.26. The van der Waals surface area contributed by atoms with Gasteiger partial charge in [0, 0.05) is 11.5 Å². The van der Waals surface area contributed by atoms with E-state index < -0.39 is 4.92 Å². The minimum absolute atomic E-state index is 0.0422. The summed E-state index contributed by atoms with van der Waals surface area (Å²) in [6.45, 7) is 1.95. The Morgan fingerprint density at radius 1 is 1.38 bits per heavy atom. The van der Waals surface area contributed by atoms with Crippen molar-refractivity contribution in [1.82, 2.24) is 4.98 Å². The van der Waals surface area contributed by atoms with Gasteiger partial charge in [-0.05, 0) is 23.5 Å². The lowest BCUT2D eigenvalue weighted by Crippen LogP contribution is -1.85. The molecule has 2 rings (SSSR count). The minimum atomic E-state index is -0.421. The summed E-state index contributed by atoms with van der Waals surface area (Å²) in [6.07, 6.45) is 0. The lowest BCUT2D eigenvalue weighted by molar-refractivity contribution is -0.389. The van der Waals surface area contributed by atoms with Gasteiger partial charge < -0.3 is 10.1 Å². The molecule has 2 aromatic rings. The van der Waals surface area contributed by atoms with Gasteiger partial charge in [-0.2, -0.15) is 0 Å². The molecular formula is C9H8N2O2. The molecule has 0 aliphatic carbocycles. The topological polar surface area (TPSA) is 58.9 Å². The van der Waals surface area contributed by atoms with Crippen molar-refractivity contribution in [3.63, 3.8) is 0 Å². The molecule has 1 N–H and O–H groups in total. The van der Waals surface area contributed by atoms with Gasteiger partial charge in [0.15, 0.2) is 0 Å². The Balaban J connectivity index is 2.68. The molecule has 0 amide bonds. The third-order valence-electron chi connectivity index (χ3n) is 1.96. The number of hydrogen-bond donors (Lipinski definition) is 1. The van der Waals surface area contributed by atoms with Crippen LogP contribution in [0.2, 0.25) is 0 Å². The second kappa shape index (κ2) is 2.58. The second-order valence-electron chi connectivity index (χ2n) is 3.00. The predicted molar refractivity (Wildman–Crippen MR) is 49.7 cm³/mol. The molecule has 1 aromatic heterocycles. The zero-order chi connectivity index (χ0) is 9.42.